The highest BCUT2D eigenvalue weighted by Gasteiger charge is 2.20. The molecule has 1 aromatic rings. The Kier molecular flexibility index (Phi) is 8.32. The van der Waals surface area contributed by atoms with Crippen LogP contribution in [0, 0.1) is 11.8 Å². The first-order valence-electron chi connectivity index (χ1n) is 8.91. The number of para-hydroxylation sites is 2. The lowest BCUT2D eigenvalue weighted by atomic mass is 9.95. The molecule has 0 fully saturated rings. The van der Waals surface area contributed by atoms with Crippen LogP contribution in [-0.2, 0) is 14.4 Å². The topological polar surface area (TPSA) is 63.7 Å². The first-order valence-corrected chi connectivity index (χ1v) is 8.91. The van der Waals surface area contributed by atoms with E-state index in [4.69, 9.17) is 4.74 Å². The fraction of sp³-hybridized carbons (Fsp3) is 0.550. The lowest BCUT2D eigenvalue weighted by Gasteiger charge is -2.22. The van der Waals surface area contributed by atoms with Crippen molar-refractivity contribution >= 4 is 23.3 Å². The van der Waals surface area contributed by atoms with E-state index < -0.39 is 5.97 Å². The highest BCUT2D eigenvalue weighted by atomic mass is 16.5. The van der Waals surface area contributed by atoms with E-state index in [1.807, 2.05) is 27.7 Å². The van der Waals surface area contributed by atoms with Gasteiger partial charge in [-0.15, -0.1) is 0 Å². The van der Waals surface area contributed by atoms with Gasteiger partial charge in [-0.2, -0.15) is 0 Å². The third-order valence-corrected chi connectivity index (χ3v) is 4.29. The molecule has 0 saturated carbocycles. The van der Waals surface area contributed by atoms with Gasteiger partial charge in [0, 0.05) is 25.3 Å². The maximum Gasteiger partial charge on any atom is 0.311 e. The average Bonchev–Trinajstić information content (AvgIpc) is 2.60. The predicted octanol–water partition coefficient (Wildman–Crippen LogP) is 4.00. The number of carbonyl (C=O) groups excluding carboxylic acids is 3. The van der Waals surface area contributed by atoms with Gasteiger partial charge in [-0.1, -0.05) is 39.8 Å². The molecule has 1 aromatic carbocycles. The number of esters is 1. The first kappa shape index (κ1) is 20.9. The van der Waals surface area contributed by atoms with E-state index in [-0.39, 0.29) is 36.4 Å². The van der Waals surface area contributed by atoms with Gasteiger partial charge in [-0.05, 0) is 25.0 Å². The summed E-state index contributed by atoms with van der Waals surface area (Å²) in [4.78, 5) is 37.8. The molecular formula is C20H29NO4. The van der Waals surface area contributed by atoms with Crippen LogP contribution in [0.5, 0.6) is 5.75 Å². The Morgan fingerprint density at radius 2 is 1.64 bits per heavy atom. The zero-order valence-electron chi connectivity index (χ0n) is 15.9. The molecule has 5 nitrogen and oxygen atoms in total. The minimum atomic E-state index is -0.461. The Labute approximate surface area is 150 Å². The SMILES string of the molecule is CCC(CC)C(=O)CCC(=O)Oc1ccccc1N(C)C(=O)C(C)C. The van der Waals surface area contributed by atoms with Gasteiger partial charge in [0.2, 0.25) is 5.91 Å². The molecular weight excluding hydrogens is 318 g/mol. The van der Waals surface area contributed by atoms with Crippen LogP contribution in [-0.4, -0.2) is 24.7 Å². The van der Waals surface area contributed by atoms with Gasteiger partial charge in [-0.25, -0.2) is 0 Å². The summed E-state index contributed by atoms with van der Waals surface area (Å²) < 4.78 is 5.41. The third-order valence-electron chi connectivity index (χ3n) is 4.29. The standard InChI is InChI=1S/C20H29NO4/c1-6-15(7-2)17(22)12-13-19(23)25-18-11-9-8-10-16(18)21(5)20(24)14(3)4/h8-11,14-15H,6-7,12-13H2,1-5H3. The number of hydrogen-bond acceptors (Lipinski definition) is 4. The van der Waals surface area contributed by atoms with Crippen molar-refractivity contribution in [2.24, 2.45) is 11.8 Å². The van der Waals surface area contributed by atoms with Gasteiger partial charge in [0.15, 0.2) is 5.75 Å². The maximum absolute atomic E-state index is 12.2. The zero-order valence-corrected chi connectivity index (χ0v) is 15.9. The van der Waals surface area contributed by atoms with Crippen molar-refractivity contribution in [3.63, 3.8) is 0 Å². The number of Topliss-reactive ketones (excluding diaryl/α,β-unsaturated/α-hetero) is 1. The van der Waals surface area contributed by atoms with Crippen LogP contribution in [0.25, 0.3) is 0 Å². The van der Waals surface area contributed by atoms with Crippen molar-refractivity contribution < 1.29 is 19.1 Å². The van der Waals surface area contributed by atoms with Gasteiger partial charge in [0.25, 0.3) is 0 Å². The molecule has 0 bridgehead atoms. The molecule has 0 atom stereocenters. The highest BCUT2D eigenvalue weighted by molar-refractivity contribution is 5.96. The maximum atomic E-state index is 12.2. The van der Waals surface area contributed by atoms with Crippen LogP contribution in [0.2, 0.25) is 0 Å². The van der Waals surface area contributed by atoms with Crippen LogP contribution in [0.1, 0.15) is 53.4 Å². The fourth-order valence-electron chi connectivity index (χ4n) is 2.67. The Balaban J connectivity index is 2.75. The molecule has 25 heavy (non-hydrogen) atoms. The molecule has 1 rings (SSSR count). The van der Waals surface area contributed by atoms with E-state index in [0.29, 0.717) is 11.4 Å². The van der Waals surface area contributed by atoms with Gasteiger partial charge < -0.3 is 9.64 Å². The van der Waals surface area contributed by atoms with E-state index in [0.717, 1.165) is 12.8 Å². The van der Waals surface area contributed by atoms with E-state index in [1.54, 1.807) is 31.3 Å². The zero-order chi connectivity index (χ0) is 19.0. The molecule has 0 aliphatic rings. The normalized spacial score (nSPS) is 10.8. The summed E-state index contributed by atoms with van der Waals surface area (Å²) in [5.41, 5.74) is 0.542. The van der Waals surface area contributed by atoms with Gasteiger partial charge in [0.05, 0.1) is 12.1 Å². The van der Waals surface area contributed by atoms with E-state index in [2.05, 4.69) is 0 Å². The number of hydrogen-bond donors (Lipinski definition) is 0. The smallest absolute Gasteiger partial charge is 0.311 e. The van der Waals surface area contributed by atoms with Gasteiger partial charge >= 0.3 is 5.97 Å². The van der Waals surface area contributed by atoms with Crippen LogP contribution < -0.4 is 9.64 Å². The molecule has 0 aromatic heterocycles. The average molecular weight is 347 g/mol. The lowest BCUT2D eigenvalue weighted by Crippen LogP contribution is -2.30. The molecule has 0 spiro atoms. The summed E-state index contributed by atoms with van der Waals surface area (Å²) in [6, 6.07) is 6.92. The Bertz CT molecular complexity index is 605. The summed E-state index contributed by atoms with van der Waals surface area (Å²) in [5.74, 6) is -0.243. The molecule has 1 amide bonds. The second kappa shape index (κ2) is 9.97. The van der Waals surface area contributed by atoms with Crippen LogP contribution in [0.4, 0.5) is 5.69 Å². The second-order valence-corrected chi connectivity index (χ2v) is 6.47. The first-order chi connectivity index (χ1) is 11.8. The van der Waals surface area contributed by atoms with Crippen molar-refractivity contribution in [2.45, 2.75) is 53.4 Å². The Hall–Kier alpha value is -2.17. The van der Waals surface area contributed by atoms with Crippen molar-refractivity contribution in [1.29, 1.82) is 0 Å². The minimum absolute atomic E-state index is 0.00915. The lowest BCUT2D eigenvalue weighted by molar-refractivity contribution is -0.136. The number of anilines is 1. The Morgan fingerprint density at radius 1 is 1.04 bits per heavy atom. The molecule has 0 unspecified atom stereocenters. The molecule has 0 radical (unpaired) electrons. The molecule has 5 heteroatoms. The summed E-state index contributed by atoms with van der Waals surface area (Å²) in [5, 5.41) is 0. The van der Waals surface area contributed by atoms with Crippen molar-refractivity contribution in [1.82, 2.24) is 0 Å². The second-order valence-electron chi connectivity index (χ2n) is 6.47. The van der Waals surface area contributed by atoms with Crippen LogP contribution in [0.15, 0.2) is 24.3 Å². The molecule has 0 saturated heterocycles. The van der Waals surface area contributed by atoms with Gasteiger partial charge in [-0.3, -0.25) is 14.4 Å². The van der Waals surface area contributed by atoms with Crippen molar-refractivity contribution in [3.8, 4) is 5.75 Å². The number of benzene rings is 1. The number of rotatable bonds is 9. The summed E-state index contributed by atoms with van der Waals surface area (Å²) in [7, 11) is 1.66. The Morgan fingerprint density at radius 3 is 2.20 bits per heavy atom. The fourth-order valence-corrected chi connectivity index (χ4v) is 2.67. The minimum Gasteiger partial charge on any atom is -0.424 e. The largest absolute Gasteiger partial charge is 0.424 e. The molecule has 0 N–H and O–H groups in total. The number of carbonyl (C=O) groups is 3. The summed E-state index contributed by atoms with van der Waals surface area (Å²) in [6.07, 6.45) is 1.81. The molecule has 0 aliphatic carbocycles. The van der Waals surface area contributed by atoms with E-state index >= 15 is 0 Å². The molecule has 0 heterocycles. The number of ether oxygens (including phenoxy) is 1. The molecule has 0 aliphatic heterocycles. The summed E-state index contributed by atoms with van der Waals surface area (Å²) in [6.45, 7) is 7.58. The highest BCUT2D eigenvalue weighted by Crippen LogP contribution is 2.28. The molecule has 138 valence electrons. The van der Waals surface area contributed by atoms with Gasteiger partial charge in [0.1, 0.15) is 5.78 Å². The van der Waals surface area contributed by atoms with Crippen molar-refractivity contribution in [3.05, 3.63) is 24.3 Å². The number of ketones is 1. The van der Waals surface area contributed by atoms with Crippen LogP contribution >= 0.6 is 0 Å². The third kappa shape index (κ3) is 6.00. The van der Waals surface area contributed by atoms with E-state index in [9.17, 15) is 14.4 Å². The van der Waals surface area contributed by atoms with Crippen LogP contribution in [0.3, 0.4) is 0 Å². The number of nitrogens with zero attached hydrogens (tertiary/aromatic N) is 1. The van der Waals surface area contributed by atoms with Crippen molar-refractivity contribution in [2.75, 3.05) is 11.9 Å². The van der Waals surface area contributed by atoms with E-state index in [1.165, 1.54) is 4.90 Å². The predicted molar refractivity (Wildman–Crippen MR) is 98.6 cm³/mol. The summed E-state index contributed by atoms with van der Waals surface area (Å²) >= 11 is 0. The quantitative estimate of drug-likeness (QED) is 0.500. The number of amides is 1. The monoisotopic (exact) mass is 347 g/mol.